The van der Waals surface area contributed by atoms with Gasteiger partial charge in [-0.25, -0.2) is 4.98 Å². The highest BCUT2D eigenvalue weighted by molar-refractivity contribution is 6.67. The molecule has 110 valence electrons. The number of alkyl halides is 6. The van der Waals surface area contributed by atoms with Crippen molar-refractivity contribution in [1.29, 1.82) is 5.26 Å². The molecule has 1 aromatic heterocycles. The zero-order valence-corrected chi connectivity index (χ0v) is 14.5. The molecule has 0 saturated carbocycles. The van der Waals surface area contributed by atoms with Crippen molar-refractivity contribution in [3.05, 3.63) is 11.6 Å². The highest BCUT2D eigenvalue weighted by atomic mass is 35.6. The molecule has 20 heavy (non-hydrogen) atoms. The molecule has 0 aromatic carbocycles. The Morgan fingerprint density at radius 1 is 1.00 bits per heavy atom. The van der Waals surface area contributed by atoms with Crippen LogP contribution in [-0.2, 0) is 7.59 Å². The van der Waals surface area contributed by atoms with E-state index in [4.69, 9.17) is 74.9 Å². The number of hydrogen-bond acceptors (Lipinski definition) is 5. The maximum Gasteiger partial charge on any atom is 0.250 e. The van der Waals surface area contributed by atoms with Gasteiger partial charge in [-0.2, -0.15) is 15.2 Å². The maximum atomic E-state index is 8.57. The fourth-order valence-electron chi connectivity index (χ4n) is 1.11. The summed E-state index contributed by atoms with van der Waals surface area (Å²) >= 11 is 34.4. The summed E-state index contributed by atoms with van der Waals surface area (Å²) in [5, 5.41) is 8.57. The van der Waals surface area contributed by atoms with E-state index in [-0.39, 0.29) is 24.0 Å². The van der Waals surface area contributed by atoms with E-state index >= 15 is 0 Å². The fraction of sp³-hybridized carbons (Fsp3) is 0.556. The van der Waals surface area contributed by atoms with Gasteiger partial charge >= 0.3 is 0 Å². The summed E-state index contributed by atoms with van der Waals surface area (Å²) in [6, 6.07) is 1.99. The van der Waals surface area contributed by atoms with Crippen molar-refractivity contribution in [2.24, 2.45) is 0 Å². The molecule has 0 N–H and O–H groups in total. The van der Waals surface area contributed by atoms with E-state index in [1.54, 1.807) is 11.9 Å². The Kier molecular flexibility index (Phi) is 6.21. The van der Waals surface area contributed by atoms with E-state index in [1.807, 2.05) is 6.07 Å². The molecule has 0 bridgehead atoms. The quantitative estimate of drug-likeness (QED) is 0.724. The van der Waals surface area contributed by atoms with Crippen LogP contribution < -0.4 is 4.90 Å². The lowest BCUT2D eigenvalue weighted by Gasteiger charge is -2.20. The van der Waals surface area contributed by atoms with Crippen molar-refractivity contribution in [3.63, 3.8) is 0 Å². The van der Waals surface area contributed by atoms with Gasteiger partial charge in [0.15, 0.2) is 11.6 Å². The van der Waals surface area contributed by atoms with Crippen LogP contribution in [0.4, 0.5) is 5.95 Å². The molecule has 0 aliphatic carbocycles. The van der Waals surface area contributed by atoms with Gasteiger partial charge in [-0.15, -0.1) is 0 Å². The van der Waals surface area contributed by atoms with Crippen molar-refractivity contribution >= 4 is 75.6 Å². The Bertz CT molecular complexity index is 485. The minimum absolute atomic E-state index is 0.137. The predicted molar refractivity (Wildman–Crippen MR) is 81.8 cm³/mol. The lowest BCUT2D eigenvalue weighted by Crippen LogP contribution is -2.25. The van der Waals surface area contributed by atoms with E-state index in [0.717, 1.165) is 0 Å². The van der Waals surface area contributed by atoms with Gasteiger partial charge < -0.3 is 4.90 Å². The Hall–Kier alpha value is 0.0400. The summed E-state index contributed by atoms with van der Waals surface area (Å²) in [6.07, 6.45) is 0.258. The first-order chi connectivity index (χ1) is 9.05. The molecule has 1 aromatic rings. The second-order valence-corrected chi connectivity index (χ2v) is 8.17. The first-order valence-corrected chi connectivity index (χ1v) is 7.31. The Labute approximate surface area is 145 Å². The van der Waals surface area contributed by atoms with Crippen molar-refractivity contribution in [1.82, 2.24) is 15.0 Å². The van der Waals surface area contributed by atoms with Crippen molar-refractivity contribution in [3.8, 4) is 6.07 Å². The molecule has 0 fully saturated rings. The third kappa shape index (κ3) is 5.10. The fourth-order valence-corrected chi connectivity index (χ4v) is 1.61. The molecular weight excluding hydrogens is 391 g/mol. The number of nitriles is 1. The highest BCUT2D eigenvalue weighted by Gasteiger charge is 2.34. The zero-order valence-electron chi connectivity index (χ0n) is 9.92. The molecule has 0 unspecified atom stereocenters. The molecule has 0 amide bonds. The van der Waals surface area contributed by atoms with Gasteiger partial charge in [0.2, 0.25) is 13.5 Å². The molecule has 1 heterocycles. The number of halogens is 6. The van der Waals surface area contributed by atoms with Gasteiger partial charge in [0, 0.05) is 13.6 Å². The van der Waals surface area contributed by atoms with Crippen LogP contribution in [0.5, 0.6) is 0 Å². The van der Waals surface area contributed by atoms with Gasteiger partial charge in [0.05, 0.1) is 12.5 Å². The third-order valence-corrected chi connectivity index (χ3v) is 3.05. The van der Waals surface area contributed by atoms with Crippen LogP contribution in [0.15, 0.2) is 0 Å². The largest absolute Gasteiger partial charge is 0.343 e. The van der Waals surface area contributed by atoms with Crippen LogP contribution in [0.2, 0.25) is 0 Å². The number of nitrogens with zero attached hydrogens (tertiary/aromatic N) is 5. The summed E-state index contributed by atoms with van der Waals surface area (Å²) in [7, 11) is 1.65. The molecule has 0 spiro atoms. The first kappa shape index (κ1) is 18.1. The topological polar surface area (TPSA) is 65.7 Å². The third-order valence-electron chi connectivity index (χ3n) is 2.03. The molecule has 1 rings (SSSR count). The minimum Gasteiger partial charge on any atom is -0.343 e. The average molecular weight is 398 g/mol. The summed E-state index contributed by atoms with van der Waals surface area (Å²) in [5.74, 6) is -0.201. The maximum absolute atomic E-state index is 8.57. The van der Waals surface area contributed by atoms with Crippen molar-refractivity contribution in [2.75, 3.05) is 18.5 Å². The molecule has 11 heteroatoms. The highest BCUT2D eigenvalue weighted by Crippen LogP contribution is 2.40. The van der Waals surface area contributed by atoms with E-state index < -0.39 is 7.59 Å². The molecule has 0 aliphatic rings. The van der Waals surface area contributed by atoms with Crippen molar-refractivity contribution < 1.29 is 0 Å². The molecule has 0 aliphatic heterocycles. The second-order valence-electron chi connectivity index (χ2n) is 3.61. The van der Waals surface area contributed by atoms with Crippen LogP contribution in [0.1, 0.15) is 18.1 Å². The summed E-state index contributed by atoms with van der Waals surface area (Å²) < 4.78 is -3.78. The first-order valence-electron chi connectivity index (χ1n) is 5.04. The summed E-state index contributed by atoms with van der Waals surface area (Å²) in [5.41, 5.74) is 0. The number of aromatic nitrogens is 3. The lowest BCUT2D eigenvalue weighted by molar-refractivity contribution is 0.787. The molecule has 0 radical (unpaired) electrons. The molecule has 0 atom stereocenters. The monoisotopic (exact) mass is 395 g/mol. The zero-order chi connectivity index (χ0) is 15.6. The van der Waals surface area contributed by atoms with Crippen LogP contribution >= 0.6 is 69.6 Å². The van der Waals surface area contributed by atoms with E-state index in [0.29, 0.717) is 6.54 Å². The van der Waals surface area contributed by atoms with E-state index in [2.05, 4.69) is 15.0 Å². The molecular formula is C9H7Cl6N5. The lowest BCUT2D eigenvalue weighted by atomic mass is 10.4. The van der Waals surface area contributed by atoms with Crippen LogP contribution in [0, 0.1) is 11.3 Å². The Morgan fingerprint density at radius 3 is 1.80 bits per heavy atom. The SMILES string of the molecule is CN(CCC#N)c1nc(C(Cl)(Cl)Cl)nc(C(Cl)(Cl)Cl)n1. The van der Waals surface area contributed by atoms with Gasteiger partial charge in [0.1, 0.15) is 0 Å². The molecule has 5 nitrogen and oxygen atoms in total. The van der Waals surface area contributed by atoms with Gasteiger partial charge in [-0.1, -0.05) is 69.6 Å². The molecule has 0 saturated heterocycles. The van der Waals surface area contributed by atoms with Crippen molar-refractivity contribution in [2.45, 2.75) is 14.0 Å². The van der Waals surface area contributed by atoms with E-state index in [1.165, 1.54) is 0 Å². The number of rotatable bonds is 3. The number of anilines is 1. The second kappa shape index (κ2) is 6.87. The van der Waals surface area contributed by atoms with Crippen LogP contribution in [0.3, 0.4) is 0 Å². The van der Waals surface area contributed by atoms with Gasteiger partial charge in [-0.05, 0) is 0 Å². The Morgan fingerprint density at radius 2 is 1.45 bits per heavy atom. The predicted octanol–water partition coefficient (Wildman–Crippen LogP) is 3.87. The normalized spacial score (nSPS) is 12.1. The average Bonchev–Trinajstić information content (AvgIpc) is 2.33. The Balaban J connectivity index is 3.28. The van der Waals surface area contributed by atoms with Crippen LogP contribution in [-0.4, -0.2) is 28.5 Å². The summed E-state index contributed by atoms with van der Waals surface area (Å²) in [4.78, 5) is 13.4. The summed E-state index contributed by atoms with van der Waals surface area (Å²) in [6.45, 7) is 0.360. The number of hydrogen-bond donors (Lipinski definition) is 0. The van der Waals surface area contributed by atoms with Gasteiger partial charge in [-0.3, -0.25) is 0 Å². The minimum atomic E-state index is -1.89. The van der Waals surface area contributed by atoms with Crippen LogP contribution in [0.25, 0.3) is 0 Å². The smallest absolute Gasteiger partial charge is 0.250 e. The standard InChI is InChI=1S/C9H7Cl6N5/c1-20(4-2-3-16)7-18-5(8(10,11)12)17-6(19-7)9(13,14)15/h2,4H2,1H3. The van der Waals surface area contributed by atoms with E-state index in [9.17, 15) is 0 Å². The van der Waals surface area contributed by atoms with Gasteiger partial charge in [0.25, 0.3) is 0 Å².